The fourth-order valence-corrected chi connectivity index (χ4v) is 3.88. The highest BCUT2D eigenvalue weighted by Crippen LogP contribution is 2.21. The highest BCUT2D eigenvalue weighted by molar-refractivity contribution is 7.89. The molecule has 0 aliphatic rings. The second-order valence-electron chi connectivity index (χ2n) is 7.28. The zero-order chi connectivity index (χ0) is 22.5. The number of nitrogens with one attached hydrogen (secondary N) is 3. The normalized spacial score (nSPS) is 12.9. The number of aliphatic imine (C=N–C) groups is 1. The molecule has 0 aliphatic carbocycles. The first kappa shape index (κ1) is 24.7. The fraction of sp³-hybridized carbons (Fsp3) is 0.435. The summed E-state index contributed by atoms with van der Waals surface area (Å²) in [7, 11) is -1.71. The van der Waals surface area contributed by atoms with Gasteiger partial charge in [-0.25, -0.2) is 13.1 Å². The van der Waals surface area contributed by atoms with Gasteiger partial charge in [-0.15, -0.1) is 0 Å². The summed E-state index contributed by atoms with van der Waals surface area (Å²) in [6.07, 6.45) is 0.889. The van der Waals surface area contributed by atoms with Crippen molar-refractivity contribution in [2.75, 3.05) is 32.5 Å². The van der Waals surface area contributed by atoms with E-state index < -0.39 is 10.0 Å². The van der Waals surface area contributed by atoms with E-state index in [-0.39, 0.29) is 12.3 Å². The molecule has 170 valence electrons. The molecule has 2 aromatic carbocycles. The van der Waals surface area contributed by atoms with E-state index >= 15 is 0 Å². The van der Waals surface area contributed by atoms with Crippen molar-refractivity contribution in [1.82, 2.24) is 15.4 Å². The van der Waals surface area contributed by atoms with E-state index in [1.54, 1.807) is 7.11 Å². The van der Waals surface area contributed by atoms with Gasteiger partial charge in [-0.05, 0) is 42.5 Å². The first-order chi connectivity index (χ1) is 14.9. The van der Waals surface area contributed by atoms with Gasteiger partial charge in [-0.1, -0.05) is 49.4 Å². The van der Waals surface area contributed by atoms with Gasteiger partial charge in [0.25, 0.3) is 0 Å². The number of hydrogen-bond donors (Lipinski definition) is 3. The third-order valence-electron chi connectivity index (χ3n) is 4.86. The first-order valence-electron chi connectivity index (χ1n) is 10.6. The number of nitrogens with zero attached hydrogens (tertiary/aromatic N) is 1. The average molecular weight is 447 g/mol. The van der Waals surface area contributed by atoms with Gasteiger partial charge in [-0.3, -0.25) is 4.99 Å². The molecular weight excluding hydrogens is 412 g/mol. The lowest BCUT2D eigenvalue weighted by molar-refractivity contribution is 0.414. The summed E-state index contributed by atoms with van der Waals surface area (Å²) in [5.74, 6) is 1.82. The number of methoxy groups -OCH3 is 1. The molecule has 1 atom stereocenters. The number of rotatable bonds is 12. The van der Waals surface area contributed by atoms with Gasteiger partial charge in [0.2, 0.25) is 10.0 Å². The topological polar surface area (TPSA) is 91.8 Å². The molecule has 0 spiro atoms. The first-order valence-corrected chi connectivity index (χ1v) is 12.3. The van der Waals surface area contributed by atoms with Gasteiger partial charge in [0, 0.05) is 26.2 Å². The average Bonchev–Trinajstić information content (AvgIpc) is 2.78. The van der Waals surface area contributed by atoms with Crippen LogP contribution in [-0.4, -0.2) is 46.9 Å². The molecular formula is C23H34N4O3S. The maximum absolute atomic E-state index is 12.2. The second kappa shape index (κ2) is 13.0. The van der Waals surface area contributed by atoms with Crippen LogP contribution in [0.15, 0.2) is 59.6 Å². The summed E-state index contributed by atoms with van der Waals surface area (Å²) in [4.78, 5) is 4.58. The zero-order valence-electron chi connectivity index (χ0n) is 18.6. The van der Waals surface area contributed by atoms with Gasteiger partial charge in [0.1, 0.15) is 5.75 Å². The lowest BCUT2D eigenvalue weighted by Gasteiger charge is -2.14. The zero-order valence-corrected chi connectivity index (χ0v) is 19.4. The van der Waals surface area contributed by atoms with Crippen molar-refractivity contribution < 1.29 is 13.2 Å². The van der Waals surface area contributed by atoms with Crippen LogP contribution < -0.4 is 20.1 Å². The number of sulfonamides is 1. The summed E-state index contributed by atoms with van der Waals surface area (Å²) >= 11 is 0. The molecule has 8 heteroatoms. The van der Waals surface area contributed by atoms with Crippen molar-refractivity contribution in [2.24, 2.45) is 4.99 Å². The maximum atomic E-state index is 12.2. The van der Waals surface area contributed by atoms with Crippen molar-refractivity contribution in [2.45, 2.75) is 32.7 Å². The van der Waals surface area contributed by atoms with E-state index in [2.05, 4.69) is 39.4 Å². The predicted molar refractivity (Wildman–Crippen MR) is 127 cm³/mol. The number of ether oxygens (including phenoxy) is 1. The largest absolute Gasteiger partial charge is 0.497 e. The Kier molecular flexibility index (Phi) is 10.3. The van der Waals surface area contributed by atoms with Gasteiger partial charge >= 0.3 is 0 Å². The summed E-state index contributed by atoms with van der Waals surface area (Å²) in [5.41, 5.74) is 2.17. The molecule has 2 rings (SSSR count). The Morgan fingerprint density at radius 1 is 1.06 bits per heavy atom. The molecule has 0 aromatic heterocycles. The van der Waals surface area contributed by atoms with Crippen LogP contribution in [-0.2, 0) is 16.6 Å². The molecule has 0 radical (unpaired) electrons. The molecule has 3 N–H and O–H groups in total. The molecule has 0 heterocycles. The van der Waals surface area contributed by atoms with E-state index in [4.69, 9.17) is 4.74 Å². The van der Waals surface area contributed by atoms with Gasteiger partial charge in [0.15, 0.2) is 5.96 Å². The summed E-state index contributed by atoms with van der Waals surface area (Å²) in [5, 5.41) is 6.27. The van der Waals surface area contributed by atoms with Crippen LogP contribution in [0.5, 0.6) is 5.75 Å². The van der Waals surface area contributed by atoms with Crippen LogP contribution >= 0.6 is 0 Å². The maximum Gasteiger partial charge on any atom is 0.213 e. The minimum atomic E-state index is -3.37. The molecule has 7 nitrogen and oxygen atoms in total. The Hall–Kier alpha value is -2.58. The van der Waals surface area contributed by atoms with Gasteiger partial charge in [0.05, 0.1) is 12.9 Å². The second-order valence-corrected chi connectivity index (χ2v) is 9.20. The van der Waals surface area contributed by atoms with Crippen molar-refractivity contribution in [3.63, 3.8) is 0 Å². The lowest BCUT2D eigenvalue weighted by atomic mass is 9.98. The Labute approximate surface area is 186 Å². The van der Waals surface area contributed by atoms with Crippen LogP contribution in [0.1, 0.15) is 37.3 Å². The number of benzene rings is 2. The number of guanidine groups is 1. The summed E-state index contributed by atoms with van der Waals surface area (Å²) in [6, 6.07) is 17.5. The highest BCUT2D eigenvalue weighted by Gasteiger charge is 2.10. The Bertz CT molecular complexity index is 900. The molecule has 0 saturated heterocycles. The van der Waals surface area contributed by atoms with Gasteiger partial charge < -0.3 is 15.4 Å². The van der Waals surface area contributed by atoms with Crippen LogP contribution in [0, 0.1) is 0 Å². The molecule has 1 unspecified atom stereocenters. The van der Waals surface area contributed by atoms with Crippen molar-refractivity contribution in [3.05, 3.63) is 65.7 Å². The van der Waals surface area contributed by atoms with E-state index in [9.17, 15) is 8.42 Å². The lowest BCUT2D eigenvalue weighted by Crippen LogP contribution is -2.41. The molecule has 31 heavy (non-hydrogen) atoms. The SMILES string of the molecule is CCNC(=NCCC(C)c1ccc(OC)cc1)NCCS(=O)(=O)NCc1ccccc1. The monoisotopic (exact) mass is 446 g/mol. The van der Waals surface area contributed by atoms with E-state index in [0.29, 0.717) is 31.5 Å². The number of hydrogen-bond acceptors (Lipinski definition) is 4. The van der Waals surface area contributed by atoms with Crippen LogP contribution in [0.4, 0.5) is 0 Å². The minimum absolute atomic E-state index is 0.0213. The van der Waals surface area contributed by atoms with Crippen LogP contribution in [0.3, 0.4) is 0 Å². The van der Waals surface area contributed by atoms with Crippen LogP contribution in [0.25, 0.3) is 0 Å². The molecule has 0 fully saturated rings. The van der Waals surface area contributed by atoms with Crippen molar-refractivity contribution in [3.8, 4) is 5.75 Å². The van der Waals surface area contributed by atoms with Crippen molar-refractivity contribution in [1.29, 1.82) is 0 Å². The van der Waals surface area contributed by atoms with Crippen molar-refractivity contribution >= 4 is 16.0 Å². The molecule has 0 bridgehead atoms. The van der Waals surface area contributed by atoms with E-state index in [1.165, 1.54) is 5.56 Å². The van der Waals surface area contributed by atoms with Crippen LogP contribution in [0.2, 0.25) is 0 Å². The summed E-state index contributed by atoms with van der Waals surface area (Å²) in [6.45, 7) is 6.07. The molecule has 0 saturated carbocycles. The molecule has 0 aliphatic heterocycles. The molecule has 2 aromatic rings. The Balaban J connectivity index is 1.78. The third-order valence-corrected chi connectivity index (χ3v) is 6.19. The van der Waals surface area contributed by atoms with E-state index in [0.717, 1.165) is 17.7 Å². The summed E-state index contributed by atoms with van der Waals surface area (Å²) < 4.78 is 32.3. The standard InChI is InChI=1S/C23H34N4O3S/c1-4-24-23(25-15-14-19(2)21-10-12-22(30-3)13-11-21)26-16-17-31(28,29)27-18-20-8-6-5-7-9-20/h5-13,19,27H,4,14-18H2,1-3H3,(H2,24,25,26). The predicted octanol–water partition coefficient (Wildman–Crippen LogP) is 2.86. The Morgan fingerprint density at radius 2 is 1.77 bits per heavy atom. The smallest absolute Gasteiger partial charge is 0.213 e. The Morgan fingerprint density at radius 3 is 2.42 bits per heavy atom. The third kappa shape index (κ3) is 9.40. The molecule has 0 amide bonds. The highest BCUT2D eigenvalue weighted by atomic mass is 32.2. The fourth-order valence-electron chi connectivity index (χ4n) is 2.98. The van der Waals surface area contributed by atoms with E-state index in [1.807, 2.05) is 49.4 Å². The van der Waals surface area contributed by atoms with Gasteiger partial charge in [-0.2, -0.15) is 0 Å². The minimum Gasteiger partial charge on any atom is -0.497 e. The quantitative estimate of drug-likeness (QED) is 0.344.